The lowest BCUT2D eigenvalue weighted by Gasteiger charge is -2.37. The van der Waals surface area contributed by atoms with Gasteiger partial charge in [0.1, 0.15) is 28.3 Å². The number of hydrogen-bond acceptors (Lipinski definition) is 18. The molecule has 3 aliphatic carbocycles. The molecule has 3 saturated carbocycles. The Balaban J connectivity index is 0.806. The minimum absolute atomic E-state index is 0.0262. The van der Waals surface area contributed by atoms with E-state index < -0.39 is 23.7 Å². The molecular formula is C61H76F6N20S. The largest absolute Gasteiger partial charge is 0.367 e. The fourth-order valence-electron chi connectivity index (χ4n) is 13.1. The molecule has 3 unspecified atom stereocenters. The van der Waals surface area contributed by atoms with Crippen LogP contribution in [0.25, 0.3) is 17.8 Å². The van der Waals surface area contributed by atoms with E-state index in [1.54, 1.807) is 39.3 Å². The highest BCUT2D eigenvalue weighted by atomic mass is 32.1. The molecule has 12 rings (SSSR count). The van der Waals surface area contributed by atoms with E-state index in [2.05, 4.69) is 51.1 Å². The molecule has 3 atom stereocenters. The first-order valence-corrected chi connectivity index (χ1v) is 31.8. The van der Waals surface area contributed by atoms with Crippen LogP contribution in [0.3, 0.4) is 0 Å². The molecule has 88 heavy (non-hydrogen) atoms. The molecule has 27 heteroatoms. The fraction of sp³-hybridized carbons (Fsp3) is 0.590. The van der Waals surface area contributed by atoms with Gasteiger partial charge in [0.2, 0.25) is 11.8 Å². The van der Waals surface area contributed by atoms with Crippen LogP contribution in [0.4, 0.5) is 49.6 Å². The van der Waals surface area contributed by atoms with E-state index in [-0.39, 0.29) is 107 Å². The number of anilines is 4. The van der Waals surface area contributed by atoms with Crippen LogP contribution in [0.1, 0.15) is 159 Å². The first-order valence-electron chi connectivity index (χ1n) is 30.9. The van der Waals surface area contributed by atoms with E-state index in [4.69, 9.17) is 45.2 Å². The molecule has 468 valence electrons. The van der Waals surface area contributed by atoms with E-state index in [1.165, 1.54) is 11.3 Å². The SMILES string of the molecule is Cc1cc(CCc2cc(C)nn2-c2nc3c(c(NC4CCC(F)(F)C(Cc5cc(C)nn5-c5nc6c(c(NC7CCC(F)(F)CC7)n5)CCN(CC#N)C6)C4)n2)CCN(C(C)C)C3)n(-c2nc(NC3CCC(F)(F)CC3)cc(NC(C)c3nccs3)n2)n1. The third-order valence-corrected chi connectivity index (χ3v) is 18.9. The van der Waals surface area contributed by atoms with Crippen LogP contribution in [0.15, 0.2) is 35.8 Å². The van der Waals surface area contributed by atoms with Gasteiger partial charge in [-0.15, -0.1) is 11.3 Å². The van der Waals surface area contributed by atoms with Crippen LogP contribution in [-0.2, 0) is 45.2 Å². The van der Waals surface area contributed by atoms with Gasteiger partial charge in [0.25, 0.3) is 23.8 Å². The summed E-state index contributed by atoms with van der Waals surface area (Å²) < 4.78 is 95.1. The maximum atomic E-state index is 16.5. The molecular weight excluding hydrogens is 1160 g/mol. The summed E-state index contributed by atoms with van der Waals surface area (Å²) in [4.78, 5) is 39.1. The van der Waals surface area contributed by atoms with Gasteiger partial charge in [-0.1, -0.05) is 0 Å². The Hall–Kier alpha value is -7.31. The van der Waals surface area contributed by atoms with Crippen molar-refractivity contribution in [2.45, 2.75) is 205 Å². The van der Waals surface area contributed by atoms with Crippen molar-refractivity contribution in [1.82, 2.24) is 74.0 Å². The van der Waals surface area contributed by atoms with Crippen molar-refractivity contribution in [3.8, 4) is 23.9 Å². The Bertz CT molecular complexity index is 3650. The van der Waals surface area contributed by atoms with Gasteiger partial charge in [0, 0.05) is 134 Å². The highest BCUT2D eigenvalue weighted by Crippen LogP contribution is 2.43. The van der Waals surface area contributed by atoms with Crippen molar-refractivity contribution in [3.63, 3.8) is 0 Å². The smallest absolute Gasteiger partial charge is 0.254 e. The van der Waals surface area contributed by atoms with Crippen molar-refractivity contribution in [2.75, 3.05) is 40.9 Å². The zero-order valence-corrected chi connectivity index (χ0v) is 51.4. The van der Waals surface area contributed by atoms with Crippen LogP contribution in [0, 0.1) is 38.0 Å². The molecule has 7 aromatic rings. The first kappa shape index (κ1) is 61.0. The lowest BCUT2D eigenvalue weighted by molar-refractivity contribution is -0.0879. The number of rotatable bonds is 19. The van der Waals surface area contributed by atoms with Crippen LogP contribution >= 0.6 is 11.3 Å². The average Bonchev–Trinajstić information content (AvgIpc) is 1.57. The van der Waals surface area contributed by atoms with Crippen molar-refractivity contribution in [3.05, 3.63) is 97.5 Å². The molecule has 7 aromatic heterocycles. The maximum Gasteiger partial charge on any atom is 0.254 e. The summed E-state index contributed by atoms with van der Waals surface area (Å²) in [5.74, 6) is -6.49. The van der Waals surface area contributed by atoms with Gasteiger partial charge in [-0.3, -0.25) is 9.80 Å². The molecule has 0 saturated heterocycles. The summed E-state index contributed by atoms with van der Waals surface area (Å²) >= 11 is 1.53. The number of alkyl halides is 6. The molecule has 0 spiro atoms. The van der Waals surface area contributed by atoms with E-state index in [0.717, 1.165) is 51.1 Å². The van der Waals surface area contributed by atoms with E-state index in [1.807, 2.05) is 43.2 Å². The number of nitriles is 1. The Morgan fingerprint density at radius 3 is 1.73 bits per heavy atom. The second kappa shape index (κ2) is 24.9. The molecule has 5 aliphatic rings. The summed E-state index contributed by atoms with van der Waals surface area (Å²) in [6.45, 7) is 14.5. The third kappa shape index (κ3) is 13.8. The molecule has 4 N–H and O–H groups in total. The number of nitrogens with zero attached hydrogens (tertiary/aromatic N) is 16. The molecule has 3 fully saturated rings. The highest BCUT2D eigenvalue weighted by Gasteiger charge is 2.46. The number of fused-ring (bicyclic) bond motifs is 2. The fourth-order valence-corrected chi connectivity index (χ4v) is 13.8. The van der Waals surface area contributed by atoms with Gasteiger partial charge in [-0.2, -0.15) is 40.5 Å². The Morgan fingerprint density at radius 1 is 0.625 bits per heavy atom. The lowest BCUT2D eigenvalue weighted by Crippen LogP contribution is -2.42. The lowest BCUT2D eigenvalue weighted by atomic mass is 9.79. The standard InChI is InChI=1S/C61H76F6N20S/c1-35(2)84-24-15-48-50(34-84)75-56(85-44(27-36(3)80-85)7-8-45-28-37(4)81-86(45)58-76-51(70-39(6)55-69-22-26-88-55)32-52(77-58)71-41-9-16-59(62,63)17-10-41)79-54(48)73-43-13-20-61(66,67)40(30-43)31-46-29-38(5)82-87(46)57-74-49-33-83(25-21-68)23-14-47(49)53(78-57)72-42-11-18-60(64,65)19-12-42/h22,26-29,32,35,39-43H,7-20,23-25,30-31,33-34H2,1-6H3,(H,72,74,78)(H,73,75,79)(H2,70,71,76,77). The number of hydrogen-bond donors (Lipinski definition) is 4. The minimum Gasteiger partial charge on any atom is -0.367 e. The van der Waals surface area contributed by atoms with Gasteiger partial charge in [0.05, 0.1) is 47.1 Å². The van der Waals surface area contributed by atoms with Crippen LogP contribution < -0.4 is 21.3 Å². The minimum atomic E-state index is -3.02. The second-order valence-electron chi connectivity index (χ2n) is 25.1. The third-order valence-electron chi connectivity index (χ3n) is 18.0. The Kier molecular flexibility index (Phi) is 17.3. The monoisotopic (exact) mass is 1230 g/mol. The summed E-state index contributed by atoms with van der Waals surface area (Å²) in [5, 5.41) is 41.0. The van der Waals surface area contributed by atoms with E-state index in [9.17, 15) is 22.8 Å². The van der Waals surface area contributed by atoms with Crippen molar-refractivity contribution >= 4 is 34.6 Å². The topological polar surface area (TPSA) is 222 Å². The number of halogens is 6. The molecule has 20 nitrogen and oxygen atoms in total. The molecule has 0 bridgehead atoms. The molecule has 9 heterocycles. The van der Waals surface area contributed by atoms with E-state index >= 15 is 8.78 Å². The summed E-state index contributed by atoms with van der Waals surface area (Å²) in [6, 6.07) is 9.09. The Labute approximate surface area is 511 Å². The average molecular weight is 1240 g/mol. The number of aryl methyl sites for hydroxylation is 5. The normalized spacial score (nSPS) is 21.0. The van der Waals surface area contributed by atoms with Gasteiger partial charge in [-0.05, 0) is 130 Å². The predicted molar refractivity (Wildman–Crippen MR) is 322 cm³/mol. The molecule has 0 radical (unpaired) electrons. The number of aromatic nitrogens is 13. The van der Waals surface area contributed by atoms with Crippen LogP contribution in [0.5, 0.6) is 0 Å². The molecule has 0 amide bonds. The zero-order valence-electron chi connectivity index (χ0n) is 50.6. The van der Waals surface area contributed by atoms with Crippen molar-refractivity contribution in [2.24, 2.45) is 5.92 Å². The highest BCUT2D eigenvalue weighted by molar-refractivity contribution is 7.09. The molecule has 2 aliphatic heterocycles. The van der Waals surface area contributed by atoms with Crippen molar-refractivity contribution < 1.29 is 26.3 Å². The summed E-state index contributed by atoms with van der Waals surface area (Å²) in [7, 11) is 0. The summed E-state index contributed by atoms with van der Waals surface area (Å²) in [6.07, 6.45) is 4.19. The van der Waals surface area contributed by atoms with Crippen molar-refractivity contribution in [1.29, 1.82) is 5.26 Å². The maximum absolute atomic E-state index is 16.5. The zero-order chi connectivity index (χ0) is 61.6. The van der Waals surface area contributed by atoms with Crippen LogP contribution in [0.2, 0.25) is 0 Å². The number of nitrogens with one attached hydrogen (secondary N) is 4. The number of thiazole rings is 1. The van der Waals surface area contributed by atoms with Gasteiger partial charge in [-0.25, -0.2) is 55.3 Å². The summed E-state index contributed by atoms with van der Waals surface area (Å²) in [5.41, 5.74) is 7.63. The predicted octanol–water partition coefficient (Wildman–Crippen LogP) is 11.0. The second-order valence-corrected chi connectivity index (χ2v) is 26.0. The van der Waals surface area contributed by atoms with Gasteiger partial charge >= 0.3 is 0 Å². The Morgan fingerprint density at radius 2 is 1.15 bits per heavy atom. The van der Waals surface area contributed by atoms with Gasteiger partial charge in [0.15, 0.2) is 0 Å². The first-order chi connectivity index (χ1) is 42.1. The molecule has 0 aromatic carbocycles. The van der Waals surface area contributed by atoms with E-state index in [0.29, 0.717) is 110 Å². The van der Waals surface area contributed by atoms with Gasteiger partial charge < -0.3 is 21.3 Å². The quantitative estimate of drug-likeness (QED) is 0.0437. The van der Waals surface area contributed by atoms with Crippen LogP contribution in [-0.4, -0.2) is 136 Å².